The molecule has 1 amide bonds. The van der Waals surface area contributed by atoms with E-state index in [0.29, 0.717) is 23.6 Å². The topological polar surface area (TPSA) is 64.6 Å². The molecule has 0 atom stereocenters. The van der Waals surface area contributed by atoms with Gasteiger partial charge >= 0.3 is 5.97 Å². The van der Waals surface area contributed by atoms with Crippen LogP contribution in [0.1, 0.15) is 32.3 Å². The van der Waals surface area contributed by atoms with Crippen LogP contribution in [-0.4, -0.2) is 25.6 Å². The molecule has 5 nitrogen and oxygen atoms in total. The lowest BCUT2D eigenvalue weighted by Crippen LogP contribution is -2.07. The zero-order valence-corrected chi connectivity index (χ0v) is 12.6. The maximum Gasteiger partial charge on any atom is 0.330 e. The lowest BCUT2D eigenvalue weighted by molar-refractivity contribution is -0.137. The third kappa shape index (κ3) is 6.12. The van der Waals surface area contributed by atoms with E-state index in [1.54, 1.807) is 31.4 Å². The summed E-state index contributed by atoms with van der Waals surface area (Å²) >= 11 is 0. The summed E-state index contributed by atoms with van der Waals surface area (Å²) in [6.45, 7) is 3.87. The molecule has 0 fully saturated rings. The highest BCUT2D eigenvalue weighted by Gasteiger charge is 2.05. The number of rotatable bonds is 7. The summed E-state index contributed by atoms with van der Waals surface area (Å²) in [6, 6.07) is 5.22. The third-order valence-corrected chi connectivity index (χ3v) is 2.71. The first kappa shape index (κ1) is 16.8. The molecule has 0 saturated carbocycles. The highest BCUT2D eigenvalue weighted by molar-refractivity contribution is 5.93. The number of anilines is 1. The molecule has 1 aromatic carbocycles. The van der Waals surface area contributed by atoms with Crippen LogP contribution in [0.25, 0.3) is 6.08 Å². The van der Waals surface area contributed by atoms with Gasteiger partial charge in [-0.3, -0.25) is 4.79 Å². The van der Waals surface area contributed by atoms with Gasteiger partial charge in [0.05, 0.1) is 19.4 Å². The van der Waals surface area contributed by atoms with E-state index in [4.69, 9.17) is 9.47 Å². The van der Waals surface area contributed by atoms with Crippen LogP contribution in [0.2, 0.25) is 0 Å². The maximum absolute atomic E-state index is 11.5. The molecule has 0 unspecified atom stereocenters. The van der Waals surface area contributed by atoms with Gasteiger partial charge in [-0.25, -0.2) is 4.79 Å². The average molecular weight is 291 g/mol. The minimum atomic E-state index is -0.395. The number of nitrogens with one attached hydrogen (secondary N) is 1. The van der Waals surface area contributed by atoms with Crippen molar-refractivity contribution in [1.82, 2.24) is 0 Å². The molecule has 0 radical (unpaired) electrons. The van der Waals surface area contributed by atoms with Gasteiger partial charge in [0, 0.05) is 19.1 Å². The van der Waals surface area contributed by atoms with Crippen molar-refractivity contribution < 1.29 is 19.1 Å². The average Bonchev–Trinajstić information content (AvgIpc) is 2.45. The van der Waals surface area contributed by atoms with Gasteiger partial charge in [-0.15, -0.1) is 0 Å². The Balaban J connectivity index is 2.81. The van der Waals surface area contributed by atoms with E-state index in [0.717, 1.165) is 12.8 Å². The van der Waals surface area contributed by atoms with E-state index in [-0.39, 0.29) is 5.91 Å². The van der Waals surface area contributed by atoms with Crippen molar-refractivity contribution >= 4 is 23.6 Å². The van der Waals surface area contributed by atoms with Crippen LogP contribution in [0.3, 0.4) is 0 Å². The predicted octanol–water partition coefficient (Wildman–Crippen LogP) is 3.01. The summed E-state index contributed by atoms with van der Waals surface area (Å²) in [5, 5.41) is 2.70. The number of esters is 1. The monoisotopic (exact) mass is 291 g/mol. The fourth-order valence-corrected chi connectivity index (χ4v) is 1.63. The van der Waals surface area contributed by atoms with Crippen molar-refractivity contribution in [3.05, 3.63) is 29.8 Å². The summed E-state index contributed by atoms with van der Waals surface area (Å²) in [6.07, 6.45) is 4.78. The highest BCUT2D eigenvalue weighted by atomic mass is 16.5. The molecule has 114 valence electrons. The van der Waals surface area contributed by atoms with Gasteiger partial charge in [0.2, 0.25) is 5.91 Å². The standard InChI is InChI=1S/C16H21NO4/c1-4-5-10-21-16(19)9-7-13-6-8-14(20-3)11-15(13)17-12(2)18/h6-9,11H,4-5,10H2,1-3H3,(H,17,18)/b9-7+. The Hall–Kier alpha value is -2.30. The largest absolute Gasteiger partial charge is 0.497 e. The normalized spacial score (nSPS) is 10.4. The molecule has 1 N–H and O–H groups in total. The Labute approximate surface area is 124 Å². The molecule has 0 aliphatic carbocycles. The number of hydrogen-bond acceptors (Lipinski definition) is 4. The first-order valence-electron chi connectivity index (χ1n) is 6.87. The Kier molecular flexibility index (Phi) is 7.01. The lowest BCUT2D eigenvalue weighted by Gasteiger charge is -2.09. The molecule has 0 aliphatic heterocycles. The van der Waals surface area contributed by atoms with Crippen LogP contribution < -0.4 is 10.1 Å². The van der Waals surface area contributed by atoms with Gasteiger partial charge in [-0.1, -0.05) is 13.3 Å². The van der Waals surface area contributed by atoms with Crippen LogP contribution in [0.5, 0.6) is 5.75 Å². The van der Waals surface area contributed by atoms with E-state index >= 15 is 0 Å². The second-order valence-corrected chi connectivity index (χ2v) is 4.49. The second-order valence-electron chi connectivity index (χ2n) is 4.49. The first-order valence-corrected chi connectivity index (χ1v) is 6.87. The predicted molar refractivity (Wildman–Crippen MR) is 82.2 cm³/mol. The van der Waals surface area contributed by atoms with Crippen molar-refractivity contribution in [3.8, 4) is 5.75 Å². The molecule has 0 bridgehead atoms. The molecule has 1 rings (SSSR count). The minimum absolute atomic E-state index is 0.191. The molecule has 5 heteroatoms. The number of unbranched alkanes of at least 4 members (excludes halogenated alkanes) is 1. The fourth-order valence-electron chi connectivity index (χ4n) is 1.63. The first-order chi connectivity index (χ1) is 10.1. The van der Waals surface area contributed by atoms with Gasteiger partial charge in [-0.2, -0.15) is 0 Å². The molecule has 21 heavy (non-hydrogen) atoms. The third-order valence-electron chi connectivity index (χ3n) is 2.71. The van der Waals surface area contributed by atoms with Crippen molar-refractivity contribution in [1.29, 1.82) is 0 Å². The van der Waals surface area contributed by atoms with E-state index in [1.165, 1.54) is 13.0 Å². The number of benzene rings is 1. The quantitative estimate of drug-likeness (QED) is 0.476. The Morgan fingerprint density at radius 1 is 1.33 bits per heavy atom. The number of carbonyl (C=O) groups is 2. The van der Waals surface area contributed by atoms with Gasteiger partial charge < -0.3 is 14.8 Å². The molecular weight excluding hydrogens is 270 g/mol. The molecule has 1 aromatic rings. The molecule has 0 heterocycles. The molecule has 0 aromatic heterocycles. The van der Waals surface area contributed by atoms with Crippen LogP contribution in [0.4, 0.5) is 5.69 Å². The van der Waals surface area contributed by atoms with Crippen molar-refractivity contribution in [2.45, 2.75) is 26.7 Å². The Morgan fingerprint density at radius 3 is 2.71 bits per heavy atom. The number of carbonyl (C=O) groups excluding carboxylic acids is 2. The van der Waals surface area contributed by atoms with Crippen molar-refractivity contribution in [2.75, 3.05) is 19.0 Å². The fraction of sp³-hybridized carbons (Fsp3) is 0.375. The zero-order chi connectivity index (χ0) is 15.7. The molecule has 0 spiro atoms. The second kappa shape index (κ2) is 8.79. The summed E-state index contributed by atoms with van der Waals surface area (Å²) in [5.74, 6) is 0.0397. The van der Waals surface area contributed by atoms with Crippen LogP contribution in [0, 0.1) is 0 Å². The van der Waals surface area contributed by atoms with E-state index < -0.39 is 5.97 Å². The lowest BCUT2D eigenvalue weighted by atomic mass is 10.1. The number of amides is 1. The smallest absolute Gasteiger partial charge is 0.330 e. The number of hydrogen-bond donors (Lipinski definition) is 1. The Morgan fingerprint density at radius 2 is 2.10 bits per heavy atom. The Bertz CT molecular complexity index is 523. The van der Waals surface area contributed by atoms with E-state index in [1.807, 2.05) is 6.92 Å². The maximum atomic E-state index is 11.5. The highest BCUT2D eigenvalue weighted by Crippen LogP contribution is 2.23. The number of ether oxygens (including phenoxy) is 2. The van der Waals surface area contributed by atoms with E-state index in [9.17, 15) is 9.59 Å². The van der Waals surface area contributed by atoms with Gasteiger partial charge in [-0.05, 0) is 30.2 Å². The van der Waals surface area contributed by atoms with Gasteiger partial charge in [0.1, 0.15) is 5.75 Å². The van der Waals surface area contributed by atoms with Gasteiger partial charge in [0.15, 0.2) is 0 Å². The van der Waals surface area contributed by atoms with Crippen molar-refractivity contribution in [3.63, 3.8) is 0 Å². The van der Waals surface area contributed by atoms with Crippen LogP contribution >= 0.6 is 0 Å². The van der Waals surface area contributed by atoms with Crippen LogP contribution in [-0.2, 0) is 14.3 Å². The molecular formula is C16H21NO4. The zero-order valence-electron chi connectivity index (χ0n) is 12.6. The van der Waals surface area contributed by atoms with Gasteiger partial charge in [0.25, 0.3) is 0 Å². The number of methoxy groups -OCH3 is 1. The van der Waals surface area contributed by atoms with Crippen molar-refractivity contribution in [2.24, 2.45) is 0 Å². The molecule has 0 aliphatic rings. The summed E-state index contributed by atoms with van der Waals surface area (Å²) < 4.78 is 10.1. The minimum Gasteiger partial charge on any atom is -0.497 e. The SMILES string of the molecule is CCCCOC(=O)/C=C/c1ccc(OC)cc1NC(C)=O. The summed E-state index contributed by atoms with van der Waals surface area (Å²) in [7, 11) is 1.55. The molecule has 0 saturated heterocycles. The summed E-state index contributed by atoms with van der Waals surface area (Å²) in [4.78, 5) is 22.7. The van der Waals surface area contributed by atoms with Crippen LogP contribution in [0.15, 0.2) is 24.3 Å². The summed E-state index contributed by atoms with van der Waals surface area (Å²) in [5.41, 5.74) is 1.29. The van der Waals surface area contributed by atoms with E-state index in [2.05, 4.69) is 5.32 Å².